The van der Waals surface area contributed by atoms with E-state index in [1.54, 1.807) is 0 Å². The zero-order valence-corrected chi connectivity index (χ0v) is 53.5. The quantitative estimate of drug-likeness (QED) is 0.0510. The van der Waals surface area contributed by atoms with Gasteiger partial charge in [-0.1, -0.05) is 6.92 Å². The number of rotatable bonds is 33. The largest absolute Gasteiger partial charge is 0.465 e. The molecule has 0 N–H and O–H groups in total. The molecule has 0 aromatic rings. The smallest absolute Gasteiger partial charge is 0.303 e. The second-order valence-electron chi connectivity index (χ2n) is 21.1. The Bertz CT molecular complexity index is 2070. The molecular formula is C56H84O27S3. The van der Waals surface area contributed by atoms with Crippen molar-refractivity contribution in [1.82, 2.24) is 0 Å². The lowest BCUT2D eigenvalue weighted by molar-refractivity contribution is -0.186. The maximum Gasteiger partial charge on any atom is 0.303 e. The highest BCUT2D eigenvalue weighted by Crippen LogP contribution is 2.43. The van der Waals surface area contributed by atoms with Crippen LogP contribution in [0.5, 0.6) is 0 Å². The fraction of sp³-hybridized carbons (Fsp3) is 0.786. The molecule has 30 heteroatoms. The van der Waals surface area contributed by atoms with E-state index in [1.807, 2.05) is 6.92 Å². The second kappa shape index (κ2) is 37.4. The molecule has 0 unspecified atom stereocenters. The Kier molecular flexibility index (Phi) is 32.6. The maximum absolute atomic E-state index is 12.5. The fourth-order valence-corrected chi connectivity index (χ4v) is 14.8. The summed E-state index contributed by atoms with van der Waals surface area (Å²) in [6, 6.07) is 0. The van der Waals surface area contributed by atoms with Crippen molar-refractivity contribution in [2.45, 2.75) is 215 Å². The van der Waals surface area contributed by atoms with Crippen molar-refractivity contribution in [1.29, 1.82) is 0 Å². The van der Waals surface area contributed by atoms with Gasteiger partial charge >= 0.3 is 71.6 Å². The van der Waals surface area contributed by atoms with Gasteiger partial charge in [-0.05, 0) is 38.5 Å². The first kappa shape index (κ1) is 74.8. The molecule has 0 saturated carbocycles. The van der Waals surface area contributed by atoms with Gasteiger partial charge in [-0.25, -0.2) is 0 Å². The van der Waals surface area contributed by atoms with Gasteiger partial charge < -0.3 is 71.1 Å². The maximum atomic E-state index is 12.5. The highest BCUT2D eigenvalue weighted by Gasteiger charge is 2.54. The summed E-state index contributed by atoms with van der Waals surface area (Å²) in [6.07, 6.45) is -8.37. The van der Waals surface area contributed by atoms with Gasteiger partial charge in [-0.3, -0.25) is 57.5 Å². The van der Waals surface area contributed by atoms with Gasteiger partial charge in [0.1, 0.15) is 19.8 Å². The van der Waals surface area contributed by atoms with E-state index in [-0.39, 0.29) is 59.5 Å². The molecule has 0 bridgehead atoms. The third-order valence-corrected chi connectivity index (χ3v) is 17.8. The molecule has 3 aliphatic heterocycles. The van der Waals surface area contributed by atoms with E-state index in [4.69, 9.17) is 71.1 Å². The summed E-state index contributed by atoms with van der Waals surface area (Å²) >= 11 is 3.75. The average Bonchev–Trinajstić information content (AvgIpc) is 1.95. The molecule has 0 aliphatic carbocycles. The fourth-order valence-electron chi connectivity index (χ4n) is 9.89. The van der Waals surface area contributed by atoms with E-state index in [9.17, 15) is 57.5 Å². The Morgan fingerprint density at radius 3 is 0.651 bits per heavy atom. The molecule has 3 aliphatic rings. The van der Waals surface area contributed by atoms with E-state index in [2.05, 4.69) is 0 Å². The number of hydrogen-bond acceptors (Lipinski definition) is 30. The Labute approximate surface area is 513 Å². The van der Waals surface area contributed by atoms with E-state index >= 15 is 0 Å². The molecule has 3 rings (SSSR count). The molecule has 488 valence electrons. The molecule has 0 aromatic carbocycles. The molecule has 3 saturated heterocycles. The van der Waals surface area contributed by atoms with Crippen LogP contribution in [0.1, 0.15) is 129 Å². The Balaban J connectivity index is 1.88. The predicted molar refractivity (Wildman–Crippen MR) is 304 cm³/mol. The average molecular weight is 1290 g/mol. The number of ether oxygens (including phenoxy) is 15. The second-order valence-corrected chi connectivity index (χ2v) is 25.6. The van der Waals surface area contributed by atoms with Crippen molar-refractivity contribution in [3.63, 3.8) is 0 Å². The monoisotopic (exact) mass is 1280 g/mol. The van der Waals surface area contributed by atoms with Crippen LogP contribution in [0, 0.1) is 5.41 Å². The Hall–Kier alpha value is -5.43. The van der Waals surface area contributed by atoms with Crippen LogP contribution in [-0.2, 0) is 129 Å². The van der Waals surface area contributed by atoms with Crippen LogP contribution >= 0.6 is 35.3 Å². The van der Waals surface area contributed by atoms with Gasteiger partial charge in [0.2, 0.25) is 0 Å². The van der Waals surface area contributed by atoms with E-state index in [0.717, 1.165) is 20.8 Å². The van der Waals surface area contributed by atoms with Crippen molar-refractivity contribution in [2.75, 3.05) is 59.5 Å². The number of hydrogen-bond donors (Lipinski definition) is 0. The number of thioether (sulfide) groups is 3. The van der Waals surface area contributed by atoms with Crippen LogP contribution in [-0.4, -0.2) is 218 Å². The lowest BCUT2D eigenvalue weighted by Crippen LogP contribution is -2.58. The van der Waals surface area contributed by atoms with Gasteiger partial charge in [0.05, 0.1) is 35.6 Å². The molecule has 3 heterocycles. The van der Waals surface area contributed by atoms with Crippen LogP contribution < -0.4 is 0 Å². The minimum atomic E-state index is -1.25. The summed E-state index contributed by atoms with van der Waals surface area (Å²) in [5, 5.41) is -3.86. The highest BCUT2D eigenvalue weighted by atomic mass is 32.2. The predicted octanol–water partition coefficient (Wildman–Crippen LogP) is 3.91. The van der Waals surface area contributed by atoms with Gasteiger partial charge in [0.25, 0.3) is 0 Å². The van der Waals surface area contributed by atoms with E-state index in [0.29, 0.717) is 38.5 Å². The first-order chi connectivity index (χ1) is 40.4. The first-order valence-electron chi connectivity index (χ1n) is 28.0. The highest BCUT2D eigenvalue weighted by molar-refractivity contribution is 8.01. The third kappa shape index (κ3) is 26.9. The number of carbonyl (C=O) groups excluding carboxylic acids is 12. The Morgan fingerprint density at radius 2 is 0.465 bits per heavy atom. The molecule has 0 aromatic heterocycles. The summed E-state index contributed by atoms with van der Waals surface area (Å²) in [4.78, 5) is 147. The molecular weight excluding hydrogens is 1200 g/mol. The van der Waals surface area contributed by atoms with Gasteiger partial charge in [0.15, 0.2) is 54.9 Å². The summed E-state index contributed by atoms with van der Waals surface area (Å²) in [5.41, 5.74) is -0.855. The van der Waals surface area contributed by atoms with E-state index in [1.165, 1.54) is 97.6 Å². The van der Waals surface area contributed by atoms with Crippen LogP contribution in [0.25, 0.3) is 0 Å². The van der Waals surface area contributed by atoms with Gasteiger partial charge in [-0.2, -0.15) is 0 Å². The first-order valence-corrected chi connectivity index (χ1v) is 30.9. The molecule has 27 nitrogen and oxygen atoms in total. The zero-order valence-electron chi connectivity index (χ0n) is 51.0. The summed E-state index contributed by atoms with van der Waals surface area (Å²) < 4.78 is 85.8. The lowest BCUT2D eigenvalue weighted by Gasteiger charge is -2.44. The van der Waals surface area contributed by atoms with Crippen molar-refractivity contribution in [2.24, 2.45) is 5.41 Å². The van der Waals surface area contributed by atoms with Crippen LogP contribution in [0.15, 0.2) is 0 Å². The molecule has 86 heavy (non-hydrogen) atoms. The van der Waals surface area contributed by atoms with Crippen molar-refractivity contribution in [3.05, 3.63) is 0 Å². The summed E-state index contributed by atoms with van der Waals surface area (Å²) in [7, 11) is 0. The molecule has 0 spiro atoms. The third-order valence-electron chi connectivity index (χ3n) is 12.9. The SMILES string of the molecule is CC(=O)OC[C@H]1S[C@H](CCCOCC(C)(COCCC[C@@H]2S[C@H](COC(C)=O)[C@@H](OC(C)=O)[C@H](OC(C)=O)[C@H]2OC(C)=O)COCCC[C@H]2S[C@H](COC(C)=O)[C@@H](OC(C)=O)[C@H](OC(C)=O)[C@@H]2OC(C)=O)[C@@H](OC(C)=O)[C@@H](OC(C)=O)[C@@H]1OC(C)=O. The lowest BCUT2D eigenvalue weighted by atomic mass is 9.94. The molecule has 3 fully saturated rings. The van der Waals surface area contributed by atoms with Crippen LogP contribution in [0.4, 0.5) is 0 Å². The standard InChI is InChI=1S/C56H84O27S3/c1-29(57)72-23-44-50(78-35(7)63)53(81-38(10)66)47(75-32(4)60)41(84-44)17-14-20-69-26-56(13,27-70-21-15-18-42-48(76-33(5)61)54(82-39(11)67)51(79-36(8)64)45(85-42)24-73-30(2)58)28-71-22-16-19-43-49(77-34(6)62)55(83-40(12)68)52(80-37(9)65)46(86-43)25-74-31(3)59/h41-55H,14-28H2,1-13H3/t41-,42-,43+,44-,45-,46-,47-,48-,49+,50-,51-,52-,53-,54-,55-/m1/s1. The number of carbonyl (C=O) groups is 12. The van der Waals surface area contributed by atoms with Crippen molar-refractivity contribution in [3.8, 4) is 0 Å². The minimum Gasteiger partial charge on any atom is -0.465 e. The van der Waals surface area contributed by atoms with Crippen molar-refractivity contribution < 1.29 is 129 Å². The minimum absolute atomic E-state index is 0.0662. The van der Waals surface area contributed by atoms with Gasteiger partial charge in [0, 0.05) is 124 Å². The Morgan fingerprint density at radius 1 is 0.279 bits per heavy atom. The van der Waals surface area contributed by atoms with Gasteiger partial charge in [-0.15, -0.1) is 35.3 Å². The number of esters is 12. The topological polar surface area (TPSA) is 343 Å². The zero-order chi connectivity index (χ0) is 64.4. The van der Waals surface area contributed by atoms with E-state index < -0.39 is 163 Å². The summed E-state index contributed by atoms with van der Waals surface area (Å²) in [5.74, 6) is -8.15. The van der Waals surface area contributed by atoms with Crippen molar-refractivity contribution >= 4 is 107 Å². The van der Waals surface area contributed by atoms with Crippen LogP contribution in [0.2, 0.25) is 0 Å². The molecule has 15 atom stereocenters. The van der Waals surface area contributed by atoms with Crippen LogP contribution in [0.3, 0.4) is 0 Å². The molecule has 0 radical (unpaired) electrons. The normalized spacial score (nSPS) is 27.7. The molecule has 0 amide bonds. The summed E-state index contributed by atoms with van der Waals surface area (Å²) in [6.45, 7) is 16.1.